The zero-order valence-corrected chi connectivity index (χ0v) is 13.8. The molecule has 2 fully saturated rings. The second-order valence-corrected chi connectivity index (χ2v) is 6.74. The van der Waals surface area contributed by atoms with Crippen LogP contribution < -0.4 is 5.73 Å². The van der Waals surface area contributed by atoms with Crippen molar-refractivity contribution >= 4 is 39.9 Å². The largest absolute Gasteiger partial charge is 0.398 e. The van der Waals surface area contributed by atoms with E-state index in [0.717, 1.165) is 29.4 Å². The van der Waals surface area contributed by atoms with Crippen molar-refractivity contribution in [3.8, 4) is 0 Å². The number of carbonyl (C=O) groups is 1. The fraction of sp³-hybridized carbons (Fsp3) is 0.533. The lowest BCUT2D eigenvalue weighted by Crippen LogP contribution is -2.35. The van der Waals surface area contributed by atoms with E-state index in [1.807, 2.05) is 17.0 Å². The van der Waals surface area contributed by atoms with Gasteiger partial charge in [-0.15, -0.1) is 12.4 Å². The number of halogens is 2. The number of anilines is 1. The van der Waals surface area contributed by atoms with Crippen LogP contribution in [0.25, 0.3) is 0 Å². The molecule has 1 aromatic rings. The molecule has 0 aliphatic heterocycles. The number of hydrogen-bond acceptors (Lipinski definition) is 2. The first kappa shape index (κ1) is 15.6. The third-order valence-corrected chi connectivity index (χ3v) is 4.38. The lowest BCUT2D eigenvalue weighted by Gasteiger charge is -2.23. The Morgan fingerprint density at radius 1 is 1.20 bits per heavy atom. The number of carbonyl (C=O) groups excluding carboxylic acids is 1. The summed E-state index contributed by atoms with van der Waals surface area (Å²) in [6.07, 6.45) is 5.07. The van der Waals surface area contributed by atoms with Gasteiger partial charge in [-0.1, -0.05) is 15.9 Å². The van der Waals surface area contributed by atoms with Crippen molar-refractivity contribution in [3.05, 3.63) is 28.2 Å². The van der Waals surface area contributed by atoms with Crippen molar-refractivity contribution in [2.45, 2.75) is 25.7 Å². The van der Waals surface area contributed by atoms with E-state index >= 15 is 0 Å². The zero-order valence-electron chi connectivity index (χ0n) is 11.3. The highest BCUT2D eigenvalue weighted by atomic mass is 79.9. The molecule has 2 N–H and O–H groups in total. The highest BCUT2D eigenvalue weighted by molar-refractivity contribution is 9.10. The van der Waals surface area contributed by atoms with Crippen LogP contribution in [0.2, 0.25) is 0 Å². The van der Waals surface area contributed by atoms with Gasteiger partial charge in [0.05, 0.1) is 5.56 Å². The highest BCUT2D eigenvalue weighted by Crippen LogP contribution is 2.34. The molecule has 0 unspecified atom stereocenters. The fourth-order valence-corrected chi connectivity index (χ4v) is 2.74. The van der Waals surface area contributed by atoms with Gasteiger partial charge < -0.3 is 10.6 Å². The normalized spacial score (nSPS) is 17.4. The van der Waals surface area contributed by atoms with Gasteiger partial charge in [-0.05, 0) is 55.7 Å². The summed E-state index contributed by atoms with van der Waals surface area (Å²) in [4.78, 5) is 14.7. The van der Waals surface area contributed by atoms with Gasteiger partial charge >= 0.3 is 0 Å². The number of amides is 1. The number of nitrogens with two attached hydrogens (primary N) is 1. The van der Waals surface area contributed by atoms with Gasteiger partial charge in [-0.3, -0.25) is 4.79 Å². The van der Waals surface area contributed by atoms with Crippen LogP contribution in [0.5, 0.6) is 0 Å². The Labute approximate surface area is 134 Å². The van der Waals surface area contributed by atoms with E-state index < -0.39 is 0 Å². The van der Waals surface area contributed by atoms with Gasteiger partial charge in [-0.2, -0.15) is 0 Å². The van der Waals surface area contributed by atoms with Crippen molar-refractivity contribution in [2.75, 3.05) is 18.8 Å². The summed E-state index contributed by atoms with van der Waals surface area (Å²) in [6, 6.07) is 5.52. The first-order valence-electron chi connectivity index (χ1n) is 6.98. The molecule has 3 nitrogen and oxygen atoms in total. The molecule has 1 amide bonds. The van der Waals surface area contributed by atoms with Crippen LogP contribution >= 0.6 is 28.3 Å². The third kappa shape index (κ3) is 3.89. The van der Waals surface area contributed by atoms with Crippen molar-refractivity contribution in [1.29, 1.82) is 0 Å². The number of rotatable bonds is 5. The van der Waals surface area contributed by atoms with Crippen molar-refractivity contribution < 1.29 is 4.79 Å². The summed E-state index contributed by atoms with van der Waals surface area (Å²) in [6.45, 7) is 1.82. The molecule has 2 saturated carbocycles. The maximum Gasteiger partial charge on any atom is 0.255 e. The molecule has 110 valence electrons. The molecule has 20 heavy (non-hydrogen) atoms. The Morgan fingerprint density at radius 3 is 2.20 bits per heavy atom. The minimum absolute atomic E-state index is 0. The number of hydrogen-bond donors (Lipinski definition) is 1. The second kappa shape index (κ2) is 6.35. The average molecular weight is 360 g/mol. The summed E-state index contributed by atoms with van der Waals surface area (Å²) < 4.78 is 0.914. The molecule has 0 aromatic heterocycles. The molecule has 0 heterocycles. The van der Waals surface area contributed by atoms with Gasteiger partial charge in [0.1, 0.15) is 0 Å². The maximum atomic E-state index is 12.6. The molecule has 0 spiro atoms. The lowest BCUT2D eigenvalue weighted by atomic mass is 10.1. The van der Waals surface area contributed by atoms with E-state index in [-0.39, 0.29) is 18.3 Å². The van der Waals surface area contributed by atoms with Crippen molar-refractivity contribution in [1.82, 2.24) is 4.90 Å². The van der Waals surface area contributed by atoms with E-state index in [1.165, 1.54) is 25.7 Å². The van der Waals surface area contributed by atoms with Crippen LogP contribution in [0.15, 0.2) is 22.7 Å². The summed E-state index contributed by atoms with van der Waals surface area (Å²) in [5.41, 5.74) is 7.18. The van der Waals surface area contributed by atoms with Gasteiger partial charge in [0.25, 0.3) is 5.91 Å². The monoisotopic (exact) mass is 358 g/mol. The SMILES string of the molecule is Cl.Nc1cc(Br)ccc1C(=O)N(CC1CC1)CC1CC1. The Balaban J connectivity index is 0.00000147. The van der Waals surface area contributed by atoms with E-state index in [4.69, 9.17) is 5.73 Å². The van der Waals surface area contributed by atoms with Gasteiger partial charge in [-0.25, -0.2) is 0 Å². The minimum Gasteiger partial charge on any atom is -0.398 e. The maximum absolute atomic E-state index is 12.6. The molecule has 0 atom stereocenters. The van der Waals surface area contributed by atoms with Gasteiger partial charge in [0.2, 0.25) is 0 Å². The highest BCUT2D eigenvalue weighted by Gasteiger charge is 2.32. The van der Waals surface area contributed by atoms with Crippen LogP contribution in [-0.2, 0) is 0 Å². The molecule has 0 radical (unpaired) electrons. The number of benzene rings is 1. The summed E-state index contributed by atoms with van der Waals surface area (Å²) in [5, 5.41) is 0. The molecule has 0 saturated heterocycles. The summed E-state index contributed by atoms with van der Waals surface area (Å²) in [7, 11) is 0. The standard InChI is InChI=1S/C15H19BrN2O.ClH/c16-12-5-6-13(14(17)7-12)15(19)18(8-10-1-2-10)9-11-3-4-11;/h5-7,10-11H,1-4,8-9,17H2;1H. The Morgan fingerprint density at radius 2 is 1.75 bits per heavy atom. The first-order valence-corrected chi connectivity index (χ1v) is 7.77. The first-order chi connectivity index (χ1) is 9.13. The minimum atomic E-state index is 0. The predicted molar refractivity (Wildman–Crippen MR) is 87.2 cm³/mol. The predicted octanol–water partition coefficient (Wildman–Crippen LogP) is 3.72. The van der Waals surface area contributed by atoms with E-state index in [0.29, 0.717) is 11.3 Å². The smallest absolute Gasteiger partial charge is 0.255 e. The molecule has 1 aromatic carbocycles. The topological polar surface area (TPSA) is 46.3 Å². The lowest BCUT2D eigenvalue weighted by molar-refractivity contribution is 0.0740. The van der Waals surface area contributed by atoms with Crippen LogP contribution in [0, 0.1) is 11.8 Å². The molecule has 5 heteroatoms. The Kier molecular flexibility index (Phi) is 4.97. The van der Waals surface area contributed by atoms with Crippen molar-refractivity contribution in [3.63, 3.8) is 0 Å². The molecular formula is C15H20BrClN2O. The zero-order chi connectivity index (χ0) is 13.4. The molecule has 2 aliphatic rings. The molecule has 0 bridgehead atoms. The number of nitrogens with zero attached hydrogens (tertiary/aromatic N) is 1. The third-order valence-electron chi connectivity index (χ3n) is 3.88. The molecule has 3 rings (SSSR count). The van der Waals surface area contributed by atoms with E-state index in [1.54, 1.807) is 6.07 Å². The summed E-state index contributed by atoms with van der Waals surface area (Å²) in [5.74, 6) is 1.54. The van der Waals surface area contributed by atoms with E-state index in [2.05, 4.69) is 15.9 Å². The van der Waals surface area contributed by atoms with E-state index in [9.17, 15) is 4.79 Å². The van der Waals surface area contributed by atoms with Crippen LogP contribution in [0.4, 0.5) is 5.69 Å². The van der Waals surface area contributed by atoms with Crippen LogP contribution in [-0.4, -0.2) is 23.9 Å². The quantitative estimate of drug-likeness (QED) is 0.815. The van der Waals surface area contributed by atoms with Crippen molar-refractivity contribution in [2.24, 2.45) is 11.8 Å². The summed E-state index contributed by atoms with van der Waals surface area (Å²) >= 11 is 3.38. The fourth-order valence-electron chi connectivity index (χ4n) is 2.36. The van der Waals surface area contributed by atoms with Crippen LogP contribution in [0.1, 0.15) is 36.0 Å². The van der Waals surface area contributed by atoms with Crippen LogP contribution in [0.3, 0.4) is 0 Å². The average Bonchev–Trinajstić information content (AvgIpc) is 3.22. The second-order valence-electron chi connectivity index (χ2n) is 5.83. The number of nitrogen functional groups attached to an aromatic ring is 1. The van der Waals surface area contributed by atoms with Gasteiger partial charge in [0, 0.05) is 23.2 Å². The molecule has 2 aliphatic carbocycles. The Hall–Kier alpha value is -0.740. The molecular weight excluding hydrogens is 340 g/mol. The Bertz CT molecular complexity index is 487. The van der Waals surface area contributed by atoms with Gasteiger partial charge in [0.15, 0.2) is 0 Å².